The van der Waals surface area contributed by atoms with Crippen molar-refractivity contribution in [2.75, 3.05) is 5.73 Å². The van der Waals surface area contributed by atoms with Crippen molar-refractivity contribution in [1.82, 2.24) is 0 Å². The van der Waals surface area contributed by atoms with E-state index in [2.05, 4.69) is 15.9 Å². The van der Waals surface area contributed by atoms with Gasteiger partial charge in [0.15, 0.2) is 9.84 Å². The molecule has 2 aromatic carbocycles. The van der Waals surface area contributed by atoms with E-state index in [1.165, 1.54) is 6.07 Å². The van der Waals surface area contributed by atoms with Crippen LogP contribution in [0.15, 0.2) is 51.8 Å². The maximum Gasteiger partial charge on any atom is 0.183 e. The summed E-state index contributed by atoms with van der Waals surface area (Å²) in [6.07, 6.45) is 0. The predicted octanol–water partition coefficient (Wildman–Crippen LogP) is 2.88. The highest BCUT2D eigenvalue weighted by atomic mass is 79.9. The zero-order valence-electron chi connectivity index (χ0n) is 10.4. The quantitative estimate of drug-likeness (QED) is 0.862. The zero-order chi connectivity index (χ0) is 14.8. The van der Waals surface area contributed by atoms with Crippen molar-refractivity contribution in [3.05, 3.63) is 58.1 Å². The number of benzene rings is 2. The first-order valence-electron chi connectivity index (χ1n) is 5.69. The second-order valence-electron chi connectivity index (χ2n) is 4.26. The van der Waals surface area contributed by atoms with Crippen LogP contribution in [0, 0.1) is 11.3 Å². The van der Waals surface area contributed by atoms with E-state index >= 15 is 0 Å². The number of nitriles is 1. The van der Waals surface area contributed by atoms with Crippen molar-refractivity contribution in [3.8, 4) is 6.07 Å². The van der Waals surface area contributed by atoms with Crippen LogP contribution in [0.1, 0.15) is 11.1 Å². The molecule has 0 saturated carbocycles. The Morgan fingerprint density at radius 1 is 1.20 bits per heavy atom. The van der Waals surface area contributed by atoms with Crippen molar-refractivity contribution >= 4 is 31.5 Å². The lowest BCUT2D eigenvalue weighted by Crippen LogP contribution is -2.06. The van der Waals surface area contributed by atoms with Crippen LogP contribution in [-0.2, 0) is 15.6 Å². The number of rotatable bonds is 3. The summed E-state index contributed by atoms with van der Waals surface area (Å²) in [5, 5.41) is 8.83. The van der Waals surface area contributed by atoms with Gasteiger partial charge in [-0.2, -0.15) is 5.26 Å². The van der Waals surface area contributed by atoms with E-state index < -0.39 is 9.84 Å². The standard InChI is InChI=1S/C14H11BrN2O2S/c15-13-7-12(17)4-5-14(13)20(18,19)9-11-3-1-2-10(6-11)8-16/h1-7H,9,17H2. The van der Waals surface area contributed by atoms with Gasteiger partial charge in [0.1, 0.15) is 0 Å². The van der Waals surface area contributed by atoms with Crippen LogP contribution < -0.4 is 5.73 Å². The van der Waals surface area contributed by atoms with Crippen molar-refractivity contribution in [1.29, 1.82) is 5.26 Å². The fourth-order valence-corrected chi connectivity index (χ4v) is 4.34. The maximum atomic E-state index is 12.4. The molecule has 0 atom stereocenters. The Hall–Kier alpha value is -1.84. The van der Waals surface area contributed by atoms with Crippen molar-refractivity contribution in [3.63, 3.8) is 0 Å². The van der Waals surface area contributed by atoms with Crippen LogP contribution in [0.3, 0.4) is 0 Å². The number of nitrogens with zero attached hydrogens (tertiary/aromatic N) is 1. The summed E-state index contributed by atoms with van der Waals surface area (Å²) in [5.74, 6) is -0.162. The molecule has 0 heterocycles. The Labute approximate surface area is 125 Å². The summed E-state index contributed by atoms with van der Waals surface area (Å²) in [6, 6.07) is 13.1. The van der Waals surface area contributed by atoms with Crippen LogP contribution in [0.2, 0.25) is 0 Å². The third-order valence-electron chi connectivity index (χ3n) is 2.70. The van der Waals surface area contributed by atoms with Crippen LogP contribution in [0.5, 0.6) is 0 Å². The molecule has 0 radical (unpaired) electrons. The van der Waals surface area contributed by atoms with Crippen molar-refractivity contribution in [2.45, 2.75) is 10.6 Å². The third kappa shape index (κ3) is 3.18. The monoisotopic (exact) mass is 350 g/mol. The Morgan fingerprint density at radius 3 is 2.60 bits per heavy atom. The van der Waals surface area contributed by atoms with E-state index in [1.807, 2.05) is 6.07 Å². The van der Waals surface area contributed by atoms with Gasteiger partial charge in [-0.05, 0) is 51.8 Å². The minimum Gasteiger partial charge on any atom is -0.399 e. The highest BCUT2D eigenvalue weighted by Crippen LogP contribution is 2.27. The molecule has 102 valence electrons. The van der Waals surface area contributed by atoms with Gasteiger partial charge in [-0.25, -0.2) is 8.42 Å². The van der Waals surface area contributed by atoms with Gasteiger partial charge in [0.2, 0.25) is 0 Å². The zero-order valence-corrected chi connectivity index (χ0v) is 12.8. The molecule has 0 aliphatic rings. The van der Waals surface area contributed by atoms with Crippen LogP contribution >= 0.6 is 15.9 Å². The van der Waals surface area contributed by atoms with Gasteiger partial charge in [-0.1, -0.05) is 12.1 Å². The Balaban J connectivity index is 2.38. The van der Waals surface area contributed by atoms with Crippen LogP contribution in [0.25, 0.3) is 0 Å². The van der Waals surface area contributed by atoms with E-state index in [4.69, 9.17) is 11.0 Å². The number of anilines is 1. The molecule has 4 nitrogen and oxygen atoms in total. The van der Waals surface area contributed by atoms with Gasteiger partial charge < -0.3 is 5.73 Å². The molecular formula is C14H11BrN2O2S. The van der Waals surface area contributed by atoms with Gasteiger partial charge in [-0.3, -0.25) is 0 Å². The van der Waals surface area contributed by atoms with E-state index in [9.17, 15) is 8.42 Å². The van der Waals surface area contributed by atoms with Gasteiger partial charge in [0.25, 0.3) is 0 Å². The summed E-state index contributed by atoms with van der Waals surface area (Å²) in [6.45, 7) is 0. The summed E-state index contributed by atoms with van der Waals surface area (Å²) >= 11 is 3.21. The molecule has 2 rings (SSSR count). The number of sulfone groups is 1. The topological polar surface area (TPSA) is 84.0 Å². The SMILES string of the molecule is N#Cc1cccc(CS(=O)(=O)c2ccc(N)cc2Br)c1. The number of hydrogen-bond acceptors (Lipinski definition) is 4. The first-order chi connectivity index (χ1) is 9.42. The summed E-state index contributed by atoms with van der Waals surface area (Å²) in [4.78, 5) is 0.189. The van der Waals surface area contributed by atoms with Gasteiger partial charge in [0.05, 0.1) is 22.3 Å². The van der Waals surface area contributed by atoms with Crippen LogP contribution in [-0.4, -0.2) is 8.42 Å². The largest absolute Gasteiger partial charge is 0.399 e. The maximum absolute atomic E-state index is 12.4. The fourth-order valence-electron chi connectivity index (χ4n) is 1.80. The van der Waals surface area contributed by atoms with Gasteiger partial charge >= 0.3 is 0 Å². The smallest absolute Gasteiger partial charge is 0.183 e. The summed E-state index contributed by atoms with van der Waals surface area (Å²) in [5.41, 5.74) is 7.10. The predicted molar refractivity (Wildman–Crippen MR) is 80.6 cm³/mol. The van der Waals surface area contributed by atoms with Crippen molar-refractivity contribution in [2.24, 2.45) is 0 Å². The van der Waals surface area contributed by atoms with E-state index in [0.29, 0.717) is 21.3 Å². The van der Waals surface area contributed by atoms with E-state index in [-0.39, 0.29) is 10.6 Å². The van der Waals surface area contributed by atoms with Crippen molar-refractivity contribution < 1.29 is 8.42 Å². The molecule has 0 amide bonds. The Kier molecular flexibility index (Phi) is 4.12. The number of nitrogen functional groups attached to an aromatic ring is 1. The average Bonchev–Trinajstić information content (AvgIpc) is 2.37. The van der Waals surface area contributed by atoms with Crippen LogP contribution in [0.4, 0.5) is 5.69 Å². The second kappa shape index (κ2) is 5.65. The lowest BCUT2D eigenvalue weighted by molar-refractivity contribution is 0.595. The lowest BCUT2D eigenvalue weighted by atomic mass is 10.2. The summed E-state index contributed by atoms with van der Waals surface area (Å²) < 4.78 is 25.2. The van der Waals surface area contributed by atoms with Gasteiger partial charge in [-0.15, -0.1) is 0 Å². The molecule has 0 bridgehead atoms. The molecule has 20 heavy (non-hydrogen) atoms. The number of nitrogens with two attached hydrogens (primary N) is 1. The molecule has 0 spiro atoms. The molecule has 2 aromatic rings. The third-order valence-corrected chi connectivity index (χ3v) is 5.36. The first kappa shape index (κ1) is 14.6. The fraction of sp³-hybridized carbons (Fsp3) is 0.0714. The lowest BCUT2D eigenvalue weighted by Gasteiger charge is -2.08. The normalized spacial score (nSPS) is 11.0. The molecular weight excluding hydrogens is 340 g/mol. The first-order valence-corrected chi connectivity index (χ1v) is 8.14. The molecule has 0 aliphatic carbocycles. The summed E-state index contributed by atoms with van der Waals surface area (Å²) in [7, 11) is -3.50. The Morgan fingerprint density at radius 2 is 1.95 bits per heavy atom. The molecule has 2 N–H and O–H groups in total. The highest BCUT2D eigenvalue weighted by Gasteiger charge is 2.18. The number of halogens is 1. The van der Waals surface area contributed by atoms with Gasteiger partial charge in [0, 0.05) is 10.2 Å². The average molecular weight is 351 g/mol. The minimum atomic E-state index is -3.50. The molecule has 0 aliphatic heterocycles. The molecule has 6 heteroatoms. The second-order valence-corrected chi connectivity index (χ2v) is 7.07. The minimum absolute atomic E-state index is 0.162. The van der Waals surface area contributed by atoms with E-state index in [0.717, 1.165) is 0 Å². The molecule has 0 fully saturated rings. The molecule has 0 unspecified atom stereocenters. The highest BCUT2D eigenvalue weighted by molar-refractivity contribution is 9.10. The van der Waals surface area contributed by atoms with E-state index in [1.54, 1.807) is 36.4 Å². The molecule has 0 aromatic heterocycles. The number of hydrogen-bond donors (Lipinski definition) is 1. The molecule has 0 saturated heterocycles. The Bertz CT molecular complexity index is 795.